The Hall–Kier alpha value is -0.240. The zero-order valence-electron chi connectivity index (χ0n) is 7.84. The average Bonchev–Trinajstić information content (AvgIpc) is 2.10. The highest BCUT2D eigenvalue weighted by atomic mass is 35.5. The molecule has 1 nitrogen and oxygen atoms in total. The molecule has 1 fully saturated rings. The first kappa shape index (κ1) is 10.3. The van der Waals surface area contributed by atoms with Crippen LogP contribution in [0.4, 0.5) is 0 Å². The number of halogens is 2. The molecule has 2 unspecified atom stereocenters. The molecule has 76 valence electrons. The van der Waals surface area contributed by atoms with Crippen LogP contribution < -0.4 is 5.73 Å². The zero-order chi connectivity index (χ0) is 10.1. The zero-order valence-corrected chi connectivity index (χ0v) is 9.35. The predicted molar refractivity (Wildman–Crippen MR) is 61.0 cm³/mol. The fraction of sp³-hybridized carbons (Fsp3) is 0.455. The average molecular weight is 230 g/mol. The van der Waals surface area contributed by atoms with E-state index < -0.39 is 0 Å². The van der Waals surface area contributed by atoms with E-state index in [1.54, 1.807) is 0 Å². The number of benzene rings is 1. The van der Waals surface area contributed by atoms with Gasteiger partial charge in [-0.2, -0.15) is 0 Å². The van der Waals surface area contributed by atoms with Crippen molar-refractivity contribution in [2.45, 2.75) is 18.8 Å². The maximum Gasteiger partial charge on any atom is 0.0441 e. The maximum atomic E-state index is 6.13. The monoisotopic (exact) mass is 229 g/mol. The topological polar surface area (TPSA) is 26.0 Å². The molecule has 3 heteroatoms. The van der Waals surface area contributed by atoms with Crippen LogP contribution in [0.1, 0.15) is 24.3 Å². The summed E-state index contributed by atoms with van der Waals surface area (Å²) >= 11 is 12.1. The van der Waals surface area contributed by atoms with Crippen molar-refractivity contribution in [2.75, 3.05) is 6.54 Å². The third-order valence-electron chi connectivity index (χ3n) is 3.08. The summed E-state index contributed by atoms with van der Waals surface area (Å²) in [7, 11) is 0. The molecule has 2 rings (SSSR count). The van der Waals surface area contributed by atoms with E-state index in [-0.39, 0.29) is 0 Å². The highest BCUT2D eigenvalue weighted by molar-refractivity contribution is 6.33. The molecule has 1 aromatic carbocycles. The lowest BCUT2D eigenvalue weighted by Crippen LogP contribution is -2.30. The second-order valence-corrected chi connectivity index (χ2v) is 4.69. The lowest BCUT2D eigenvalue weighted by molar-refractivity contribution is 0.263. The van der Waals surface area contributed by atoms with E-state index in [0.717, 1.165) is 16.6 Å². The molecule has 0 heterocycles. The molecule has 1 aliphatic rings. The van der Waals surface area contributed by atoms with Gasteiger partial charge in [0.05, 0.1) is 0 Å². The maximum absolute atomic E-state index is 6.13. The van der Waals surface area contributed by atoms with Gasteiger partial charge < -0.3 is 5.73 Å². The minimum atomic E-state index is 0.520. The Balaban J connectivity index is 2.27. The van der Waals surface area contributed by atoms with Crippen molar-refractivity contribution in [3.05, 3.63) is 33.8 Å². The second-order valence-electron chi connectivity index (χ2n) is 3.85. The van der Waals surface area contributed by atoms with Gasteiger partial charge in [0.1, 0.15) is 0 Å². The minimum Gasteiger partial charge on any atom is -0.330 e. The summed E-state index contributed by atoms with van der Waals surface area (Å²) in [5.74, 6) is 1.11. The largest absolute Gasteiger partial charge is 0.330 e. The van der Waals surface area contributed by atoms with Crippen LogP contribution in [0.5, 0.6) is 0 Å². The van der Waals surface area contributed by atoms with E-state index in [0.29, 0.717) is 11.8 Å². The lowest BCUT2D eigenvalue weighted by Gasteiger charge is -2.36. The van der Waals surface area contributed by atoms with Crippen LogP contribution in [0, 0.1) is 5.92 Å². The van der Waals surface area contributed by atoms with Gasteiger partial charge in [0, 0.05) is 10.0 Å². The molecule has 2 atom stereocenters. The summed E-state index contributed by atoms with van der Waals surface area (Å²) in [5, 5.41) is 1.57. The van der Waals surface area contributed by atoms with Crippen LogP contribution >= 0.6 is 23.2 Å². The summed E-state index contributed by atoms with van der Waals surface area (Å²) in [6, 6.07) is 5.66. The molecule has 0 bridgehead atoms. The van der Waals surface area contributed by atoms with Crippen LogP contribution in [0.3, 0.4) is 0 Å². The molecule has 0 amide bonds. The standard InChI is InChI=1S/C11H13Cl2N/c12-8-2-4-11(13)10(5-8)9-3-1-7(9)6-14/h2,4-5,7,9H,1,3,6,14H2. The first-order valence-corrected chi connectivity index (χ1v) is 5.63. The van der Waals surface area contributed by atoms with Crippen molar-refractivity contribution in [3.8, 4) is 0 Å². The molecular weight excluding hydrogens is 217 g/mol. The molecule has 0 saturated heterocycles. The fourth-order valence-electron chi connectivity index (χ4n) is 2.06. The minimum absolute atomic E-state index is 0.520. The van der Waals surface area contributed by atoms with Gasteiger partial charge in [-0.25, -0.2) is 0 Å². The number of hydrogen-bond acceptors (Lipinski definition) is 1. The smallest absolute Gasteiger partial charge is 0.0441 e. The van der Waals surface area contributed by atoms with Crippen LogP contribution in [0.2, 0.25) is 10.0 Å². The third-order valence-corrected chi connectivity index (χ3v) is 3.66. The van der Waals surface area contributed by atoms with Crippen molar-refractivity contribution in [2.24, 2.45) is 11.7 Å². The summed E-state index contributed by atoms with van der Waals surface area (Å²) in [5.41, 5.74) is 6.84. The van der Waals surface area contributed by atoms with E-state index in [1.165, 1.54) is 18.4 Å². The Kier molecular flexibility index (Phi) is 3.01. The first-order valence-electron chi connectivity index (χ1n) is 4.87. The van der Waals surface area contributed by atoms with Gasteiger partial charge in [0.15, 0.2) is 0 Å². The van der Waals surface area contributed by atoms with Crippen molar-refractivity contribution in [1.82, 2.24) is 0 Å². The predicted octanol–water partition coefficient (Wildman–Crippen LogP) is 3.45. The molecule has 0 aromatic heterocycles. The Morgan fingerprint density at radius 2 is 2.07 bits per heavy atom. The van der Waals surface area contributed by atoms with Crippen LogP contribution in [-0.2, 0) is 0 Å². The van der Waals surface area contributed by atoms with Gasteiger partial charge in [-0.15, -0.1) is 0 Å². The molecule has 0 radical (unpaired) electrons. The van der Waals surface area contributed by atoms with E-state index in [9.17, 15) is 0 Å². The van der Waals surface area contributed by atoms with E-state index in [1.807, 2.05) is 18.2 Å². The Labute approximate surface area is 94.2 Å². The molecule has 1 saturated carbocycles. The molecule has 14 heavy (non-hydrogen) atoms. The summed E-state index contributed by atoms with van der Waals surface area (Å²) < 4.78 is 0. The molecule has 0 aliphatic heterocycles. The SMILES string of the molecule is NCC1CCC1c1cc(Cl)ccc1Cl. The quantitative estimate of drug-likeness (QED) is 0.827. The molecular formula is C11H13Cl2N. The fourth-order valence-corrected chi connectivity index (χ4v) is 2.50. The van der Waals surface area contributed by atoms with E-state index in [4.69, 9.17) is 28.9 Å². The molecule has 1 aromatic rings. The third kappa shape index (κ3) is 1.77. The summed E-state index contributed by atoms with van der Waals surface area (Å²) in [6.45, 7) is 0.744. The number of hydrogen-bond donors (Lipinski definition) is 1. The highest BCUT2D eigenvalue weighted by Gasteiger charge is 2.32. The van der Waals surface area contributed by atoms with Gasteiger partial charge in [0.2, 0.25) is 0 Å². The Morgan fingerprint density at radius 3 is 2.64 bits per heavy atom. The van der Waals surface area contributed by atoms with Gasteiger partial charge in [-0.05, 0) is 55.0 Å². The highest BCUT2D eigenvalue weighted by Crippen LogP contribution is 2.44. The summed E-state index contributed by atoms with van der Waals surface area (Å²) in [4.78, 5) is 0. The van der Waals surface area contributed by atoms with Crippen molar-refractivity contribution in [3.63, 3.8) is 0 Å². The normalized spacial score (nSPS) is 25.9. The number of nitrogens with two attached hydrogens (primary N) is 1. The molecule has 0 spiro atoms. The van der Waals surface area contributed by atoms with Gasteiger partial charge >= 0.3 is 0 Å². The number of rotatable bonds is 2. The van der Waals surface area contributed by atoms with Crippen molar-refractivity contribution in [1.29, 1.82) is 0 Å². The Bertz CT molecular complexity index is 336. The molecule has 2 N–H and O–H groups in total. The van der Waals surface area contributed by atoms with Gasteiger partial charge in [-0.1, -0.05) is 23.2 Å². The first-order chi connectivity index (χ1) is 6.72. The van der Waals surface area contributed by atoms with Crippen molar-refractivity contribution < 1.29 is 0 Å². The van der Waals surface area contributed by atoms with Crippen LogP contribution in [0.15, 0.2) is 18.2 Å². The van der Waals surface area contributed by atoms with Crippen molar-refractivity contribution >= 4 is 23.2 Å². The summed E-state index contributed by atoms with van der Waals surface area (Å²) in [6.07, 6.45) is 2.39. The van der Waals surface area contributed by atoms with Gasteiger partial charge in [0.25, 0.3) is 0 Å². The Morgan fingerprint density at radius 1 is 1.29 bits per heavy atom. The second kappa shape index (κ2) is 4.09. The van der Waals surface area contributed by atoms with Crippen LogP contribution in [-0.4, -0.2) is 6.54 Å². The van der Waals surface area contributed by atoms with Gasteiger partial charge in [-0.3, -0.25) is 0 Å². The van der Waals surface area contributed by atoms with E-state index in [2.05, 4.69) is 0 Å². The lowest BCUT2D eigenvalue weighted by atomic mass is 9.70. The van der Waals surface area contributed by atoms with E-state index >= 15 is 0 Å². The van der Waals surface area contributed by atoms with Crippen LogP contribution in [0.25, 0.3) is 0 Å². The molecule has 1 aliphatic carbocycles.